The van der Waals surface area contributed by atoms with E-state index in [2.05, 4.69) is 27.8 Å². The first kappa shape index (κ1) is 21.8. The van der Waals surface area contributed by atoms with Crippen molar-refractivity contribution in [3.63, 3.8) is 0 Å². The monoisotopic (exact) mass is 441 g/mol. The highest BCUT2D eigenvalue weighted by atomic mass is 32.2. The average molecular weight is 442 g/mol. The molecule has 166 valence electrons. The van der Waals surface area contributed by atoms with Crippen molar-refractivity contribution in [1.82, 2.24) is 9.62 Å². The minimum atomic E-state index is -3.43. The molecular formula is C24H31N3O3S. The Morgan fingerprint density at radius 2 is 1.74 bits per heavy atom. The summed E-state index contributed by atoms with van der Waals surface area (Å²) >= 11 is 0. The van der Waals surface area contributed by atoms with Gasteiger partial charge in [-0.05, 0) is 61.4 Å². The van der Waals surface area contributed by atoms with Crippen LogP contribution in [0.5, 0.6) is 0 Å². The topological polar surface area (TPSA) is 69.7 Å². The lowest BCUT2D eigenvalue weighted by Gasteiger charge is -2.24. The molecule has 0 unspecified atom stereocenters. The number of amides is 1. The van der Waals surface area contributed by atoms with Gasteiger partial charge in [0.1, 0.15) is 0 Å². The van der Waals surface area contributed by atoms with E-state index in [1.165, 1.54) is 24.1 Å². The van der Waals surface area contributed by atoms with Crippen LogP contribution in [0.2, 0.25) is 0 Å². The lowest BCUT2D eigenvalue weighted by atomic mass is 10.1. The maximum atomic E-state index is 12.7. The van der Waals surface area contributed by atoms with E-state index in [1.807, 2.05) is 13.1 Å². The summed E-state index contributed by atoms with van der Waals surface area (Å²) in [6, 6.07) is 15.3. The van der Waals surface area contributed by atoms with Gasteiger partial charge in [0.05, 0.1) is 4.90 Å². The lowest BCUT2D eigenvalue weighted by Crippen LogP contribution is -2.28. The molecule has 0 atom stereocenters. The molecule has 1 N–H and O–H groups in total. The van der Waals surface area contributed by atoms with Crippen LogP contribution in [0.25, 0.3) is 0 Å². The molecule has 1 saturated heterocycles. The fourth-order valence-corrected chi connectivity index (χ4v) is 5.33. The summed E-state index contributed by atoms with van der Waals surface area (Å²) in [4.78, 5) is 17.2. The summed E-state index contributed by atoms with van der Waals surface area (Å²) < 4.78 is 27.2. The summed E-state index contributed by atoms with van der Waals surface area (Å²) in [7, 11) is -1.58. The van der Waals surface area contributed by atoms with Crippen molar-refractivity contribution >= 4 is 21.6 Å². The number of nitrogens with zero attached hydrogens (tertiary/aromatic N) is 2. The van der Waals surface area contributed by atoms with Gasteiger partial charge < -0.3 is 9.80 Å². The van der Waals surface area contributed by atoms with Gasteiger partial charge in [0.25, 0.3) is 0 Å². The van der Waals surface area contributed by atoms with Gasteiger partial charge in [-0.1, -0.05) is 30.3 Å². The van der Waals surface area contributed by atoms with Crippen LogP contribution in [-0.4, -0.2) is 45.4 Å². The second kappa shape index (κ2) is 9.40. The number of aryl methyl sites for hydroxylation is 1. The predicted octanol–water partition coefficient (Wildman–Crippen LogP) is 3.32. The predicted molar refractivity (Wildman–Crippen MR) is 122 cm³/mol. The fraction of sp³-hybridized carbons (Fsp3) is 0.458. The van der Waals surface area contributed by atoms with Gasteiger partial charge in [-0.2, -0.15) is 0 Å². The first-order chi connectivity index (χ1) is 14.9. The smallest absolute Gasteiger partial charge is 0.240 e. The van der Waals surface area contributed by atoms with Crippen molar-refractivity contribution in [3.8, 4) is 0 Å². The minimum Gasteiger partial charge on any atom is -0.371 e. The van der Waals surface area contributed by atoms with E-state index in [1.54, 1.807) is 29.2 Å². The Hall–Kier alpha value is -2.38. The molecule has 2 aromatic carbocycles. The Balaban J connectivity index is 1.31. The van der Waals surface area contributed by atoms with Crippen molar-refractivity contribution < 1.29 is 13.2 Å². The van der Waals surface area contributed by atoms with Crippen LogP contribution in [0.15, 0.2) is 53.4 Å². The third-order valence-electron chi connectivity index (χ3n) is 6.03. The highest BCUT2D eigenvalue weighted by Crippen LogP contribution is 2.26. The van der Waals surface area contributed by atoms with Crippen LogP contribution in [0.4, 0.5) is 5.69 Å². The van der Waals surface area contributed by atoms with Crippen LogP contribution >= 0.6 is 0 Å². The zero-order valence-corrected chi connectivity index (χ0v) is 18.9. The fourth-order valence-electron chi connectivity index (χ4n) is 4.02. The molecule has 0 spiro atoms. The number of hydrogen-bond acceptors (Lipinski definition) is 4. The largest absolute Gasteiger partial charge is 0.371 e. The second-order valence-electron chi connectivity index (χ2n) is 8.61. The summed E-state index contributed by atoms with van der Waals surface area (Å²) in [6.07, 6.45) is 5.26. The number of rotatable bonds is 9. The van der Waals surface area contributed by atoms with Crippen LogP contribution in [0.3, 0.4) is 0 Å². The molecule has 4 rings (SSSR count). The number of benzene rings is 2. The maximum absolute atomic E-state index is 12.7. The molecule has 1 aliphatic heterocycles. The number of anilines is 1. The number of para-hydroxylation sites is 1. The Bertz CT molecular complexity index is 1010. The van der Waals surface area contributed by atoms with Crippen molar-refractivity contribution in [3.05, 3.63) is 59.7 Å². The molecule has 0 aromatic heterocycles. The van der Waals surface area contributed by atoms with Crippen LogP contribution in [0.1, 0.15) is 43.2 Å². The number of nitrogens with one attached hydrogen (secondary N) is 1. The molecule has 6 nitrogen and oxygen atoms in total. The summed E-state index contributed by atoms with van der Waals surface area (Å²) in [5.41, 5.74) is 3.37. The van der Waals surface area contributed by atoms with Gasteiger partial charge >= 0.3 is 0 Å². The third-order valence-corrected chi connectivity index (χ3v) is 7.57. The first-order valence-corrected chi connectivity index (χ1v) is 12.6. The van der Waals surface area contributed by atoms with Gasteiger partial charge in [-0.25, -0.2) is 13.1 Å². The van der Waals surface area contributed by atoms with E-state index >= 15 is 0 Å². The van der Waals surface area contributed by atoms with Gasteiger partial charge in [-0.3, -0.25) is 4.79 Å². The summed E-state index contributed by atoms with van der Waals surface area (Å²) in [5, 5.41) is 0. The minimum absolute atomic E-state index is 0.0864. The number of sulfonamides is 1. The molecule has 2 aliphatic rings. The molecule has 1 saturated carbocycles. The Labute approximate surface area is 185 Å². The molecule has 31 heavy (non-hydrogen) atoms. The lowest BCUT2D eigenvalue weighted by molar-refractivity contribution is -0.130. The van der Waals surface area contributed by atoms with Crippen LogP contribution < -0.4 is 9.62 Å². The first-order valence-electron chi connectivity index (χ1n) is 11.1. The molecule has 1 aliphatic carbocycles. The highest BCUT2D eigenvalue weighted by Gasteiger charge is 2.27. The van der Waals surface area contributed by atoms with E-state index in [0.717, 1.165) is 31.5 Å². The molecule has 0 radical (unpaired) electrons. The normalized spacial score (nSPS) is 16.5. The Kier molecular flexibility index (Phi) is 6.62. The second-order valence-corrected chi connectivity index (χ2v) is 10.3. The number of hydrogen-bond donors (Lipinski definition) is 1. The highest BCUT2D eigenvalue weighted by molar-refractivity contribution is 7.89. The summed E-state index contributed by atoms with van der Waals surface area (Å²) in [6.45, 7) is 2.75. The SMILES string of the molecule is CN(Cc1ccccc1N1CCCC1)C(=O)CCc1ccc(S(=O)(=O)NC2CC2)cc1. The number of carbonyl (C=O) groups is 1. The molecule has 7 heteroatoms. The third kappa shape index (κ3) is 5.66. The molecular weight excluding hydrogens is 410 g/mol. The molecule has 2 fully saturated rings. The zero-order chi connectivity index (χ0) is 21.8. The Morgan fingerprint density at radius 1 is 1.06 bits per heavy atom. The molecule has 1 amide bonds. The number of carbonyl (C=O) groups excluding carboxylic acids is 1. The van der Waals surface area contributed by atoms with E-state index in [0.29, 0.717) is 19.4 Å². The summed E-state index contributed by atoms with van der Waals surface area (Å²) in [5.74, 6) is 0.0864. The zero-order valence-electron chi connectivity index (χ0n) is 18.1. The van der Waals surface area contributed by atoms with Crippen LogP contribution in [-0.2, 0) is 27.8 Å². The van der Waals surface area contributed by atoms with Gasteiger partial charge in [0, 0.05) is 44.8 Å². The van der Waals surface area contributed by atoms with Crippen molar-refractivity contribution in [2.24, 2.45) is 0 Å². The molecule has 2 aromatic rings. The van der Waals surface area contributed by atoms with E-state index in [9.17, 15) is 13.2 Å². The van der Waals surface area contributed by atoms with Gasteiger partial charge in [0.2, 0.25) is 15.9 Å². The van der Waals surface area contributed by atoms with Gasteiger partial charge in [0.15, 0.2) is 0 Å². The van der Waals surface area contributed by atoms with E-state index in [-0.39, 0.29) is 16.8 Å². The average Bonchev–Trinajstić information content (AvgIpc) is 3.39. The molecule has 1 heterocycles. The van der Waals surface area contributed by atoms with Crippen LogP contribution in [0, 0.1) is 0 Å². The van der Waals surface area contributed by atoms with E-state index in [4.69, 9.17) is 0 Å². The quantitative estimate of drug-likeness (QED) is 0.648. The standard InChI is InChI=1S/C24H31N3O3S/c1-26(18-20-6-2-3-7-23(20)27-16-4-5-17-27)24(28)15-10-19-8-13-22(14-9-19)31(29,30)25-21-11-12-21/h2-3,6-9,13-14,21,25H,4-5,10-12,15-18H2,1H3. The Morgan fingerprint density at radius 3 is 2.42 bits per heavy atom. The van der Waals surface area contributed by atoms with E-state index < -0.39 is 10.0 Å². The van der Waals surface area contributed by atoms with Crippen molar-refractivity contribution in [2.45, 2.75) is 56.0 Å². The van der Waals surface area contributed by atoms with Crippen molar-refractivity contribution in [1.29, 1.82) is 0 Å². The van der Waals surface area contributed by atoms with Gasteiger partial charge in [-0.15, -0.1) is 0 Å². The molecule has 0 bridgehead atoms. The van der Waals surface area contributed by atoms with Crippen molar-refractivity contribution in [2.75, 3.05) is 25.0 Å². The maximum Gasteiger partial charge on any atom is 0.240 e.